The lowest BCUT2D eigenvalue weighted by Crippen LogP contribution is -2.69. The fraction of sp³-hybridized carbons (Fsp3) is 1.00. The number of nitrogens with zero attached hydrogens (tertiary/aromatic N) is 2. The van der Waals surface area contributed by atoms with Crippen LogP contribution in [0.3, 0.4) is 0 Å². The van der Waals surface area contributed by atoms with Crippen molar-refractivity contribution in [1.82, 2.24) is 9.80 Å². The van der Waals surface area contributed by atoms with Crippen LogP contribution in [-0.4, -0.2) is 61.8 Å². The highest BCUT2D eigenvalue weighted by Crippen LogP contribution is 2.50. The van der Waals surface area contributed by atoms with Crippen molar-refractivity contribution in [3.8, 4) is 0 Å². The molecule has 3 heteroatoms. The van der Waals surface area contributed by atoms with E-state index < -0.39 is 0 Å². The Balaban J connectivity index is 1.40. The summed E-state index contributed by atoms with van der Waals surface area (Å²) in [6, 6.07) is 0.885. The van der Waals surface area contributed by atoms with Gasteiger partial charge in [0.15, 0.2) is 0 Å². The van der Waals surface area contributed by atoms with E-state index in [0.717, 1.165) is 11.5 Å². The molecule has 0 aromatic heterocycles. The third-order valence-electron chi connectivity index (χ3n) is 4.63. The largest absolute Gasteiger partial charge is 0.379 e. The Morgan fingerprint density at radius 2 is 1.93 bits per heavy atom. The van der Waals surface area contributed by atoms with E-state index in [4.69, 9.17) is 4.74 Å². The standard InChI is InChI=1S/C12H22N2O/c1-3-13-8-12(9-13)4-10(5-12)14-6-11(7-14)15-2/h10-11H,3-9H2,1-2H3. The lowest BCUT2D eigenvalue weighted by molar-refractivity contribution is -0.145. The lowest BCUT2D eigenvalue weighted by Gasteiger charge is -2.63. The summed E-state index contributed by atoms with van der Waals surface area (Å²) < 4.78 is 5.31. The Morgan fingerprint density at radius 1 is 1.27 bits per heavy atom. The Bertz CT molecular complexity index is 236. The van der Waals surface area contributed by atoms with Gasteiger partial charge >= 0.3 is 0 Å². The molecule has 1 aliphatic carbocycles. The molecule has 1 saturated carbocycles. The highest BCUT2D eigenvalue weighted by molar-refractivity contribution is 5.08. The van der Waals surface area contributed by atoms with Crippen LogP contribution in [0.25, 0.3) is 0 Å². The molecule has 86 valence electrons. The van der Waals surface area contributed by atoms with E-state index in [1.807, 2.05) is 7.11 Å². The SMILES string of the molecule is CCN1CC2(CC(N3CC(OC)C3)C2)C1. The van der Waals surface area contributed by atoms with Gasteiger partial charge in [-0.3, -0.25) is 4.90 Å². The molecule has 0 atom stereocenters. The number of ether oxygens (including phenoxy) is 1. The second-order valence-electron chi connectivity index (χ2n) is 5.68. The van der Waals surface area contributed by atoms with Gasteiger partial charge in [0.05, 0.1) is 6.10 Å². The maximum atomic E-state index is 5.31. The van der Waals surface area contributed by atoms with Crippen LogP contribution in [0.4, 0.5) is 0 Å². The predicted molar refractivity (Wildman–Crippen MR) is 59.9 cm³/mol. The van der Waals surface area contributed by atoms with Crippen molar-refractivity contribution in [2.45, 2.75) is 31.9 Å². The molecular formula is C12H22N2O. The molecule has 3 fully saturated rings. The summed E-state index contributed by atoms with van der Waals surface area (Å²) in [5.74, 6) is 0. The molecule has 3 nitrogen and oxygen atoms in total. The first-order chi connectivity index (χ1) is 7.24. The second-order valence-corrected chi connectivity index (χ2v) is 5.68. The van der Waals surface area contributed by atoms with Crippen LogP contribution in [0.15, 0.2) is 0 Å². The van der Waals surface area contributed by atoms with E-state index in [1.54, 1.807) is 0 Å². The molecule has 1 spiro atoms. The van der Waals surface area contributed by atoms with Gasteiger partial charge in [-0.25, -0.2) is 0 Å². The number of hydrogen-bond acceptors (Lipinski definition) is 3. The molecule has 3 rings (SSSR count). The summed E-state index contributed by atoms with van der Waals surface area (Å²) in [6.07, 6.45) is 3.41. The maximum absolute atomic E-state index is 5.31. The summed E-state index contributed by atoms with van der Waals surface area (Å²) >= 11 is 0. The molecule has 15 heavy (non-hydrogen) atoms. The minimum atomic E-state index is 0.523. The van der Waals surface area contributed by atoms with E-state index in [9.17, 15) is 0 Å². The molecule has 0 N–H and O–H groups in total. The van der Waals surface area contributed by atoms with Gasteiger partial charge in [0.1, 0.15) is 0 Å². The highest BCUT2D eigenvalue weighted by atomic mass is 16.5. The summed E-state index contributed by atoms with van der Waals surface area (Å²) in [4.78, 5) is 5.16. The van der Waals surface area contributed by atoms with E-state index >= 15 is 0 Å². The van der Waals surface area contributed by atoms with Gasteiger partial charge < -0.3 is 9.64 Å². The molecule has 0 bridgehead atoms. The van der Waals surface area contributed by atoms with Crippen LogP contribution >= 0.6 is 0 Å². The molecule has 0 radical (unpaired) electrons. The van der Waals surface area contributed by atoms with Gasteiger partial charge in [-0.15, -0.1) is 0 Å². The Hall–Kier alpha value is -0.120. The average molecular weight is 210 g/mol. The topological polar surface area (TPSA) is 15.7 Å². The van der Waals surface area contributed by atoms with Crippen molar-refractivity contribution < 1.29 is 4.74 Å². The summed E-state index contributed by atoms with van der Waals surface area (Å²) in [7, 11) is 1.83. The summed E-state index contributed by atoms with van der Waals surface area (Å²) in [5, 5.41) is 0. The molecule has 0 amide bonds. The Morgan fingerprint density at radius 3 is 2.47 bits per heavy atom. The van der Waals surface area contributed by atoms with Gasteiger partial charge in [0.25, 0.3) is 0 Å². The zero-order valence-corrected chi connectivity index (χ0v) is 9.91. The molecule has 2 aliphatic heterocycles. The third kappa shape index (κ3) is 1.52. The summed E-state index contributed by atoms with van der Waals surface area (Å²) in [5.41, 5.74) is 0.735. The van der Waals surface area contributed by atoms with Crippen molar-refractivity contribution in [2.75, 3.05) is 39.8 Å². The van der Waals surface area contributed by atoms with Crippen molar-refractivity contribution in [3.05, 3.63) is 0 Å². The molecule has 0 aromatic carbocycles. The van der Waals surface area contributed by atoms with Gasteiger partial charge in [-0.05, 0) is 24.8 Å². The smallest absolute Gasteiger partial charge is 0.0825 e. The molecule has 2 heterocycles. The van der Waals surface area contributed by atoms with E-state index in [0.29, 0.717) is 6.10 Å². The quantitative estimate of drug-likeness (QED) is 0.685. The Kier molecular flexibility index (Phi) is 2.31. The molecule has 2 saturated heterocycles. The van der Waals surface area contributed by atoms with Gasteiger partial charge in [-0.1, -0.05) is 6.92 Å². The molecular weight excluding hydrogens is 188 g/mol. The van der Waals surface area contributed by atoms with E-state index in [1.165, 1.54) is 45.6 Å². The minimum absolute atomic E-state index is 0.523. The van der Waals surface area contributed by atoms with Crippen LogP contribution in [0, 0.1) is 5.41 Å². The monoisotopic (exact) mass is 210 g/mol. The zero-order valence-electron chi connectivity index (χ0n) is 9.91. The Labute approximate surface area is 92.4 Å². The molecule has 0 unspecified atom stereocenters. The zero-order chi connectivity index (χ0) is 10.5. The molecule has 3 aliphatic rings. The molecule has 0 aromatic rings. The first-order valence-electron chi connectivity index (χ1n) is 6.24. The summed E-state index contributed by atoms with van der Waals surface area (Å²) in [6.45, 7) is 8.58. The van der Waals surface area contributed by atoms with Gasteiger partial charge in [-0.2, -0.15) is 0 Å². The van der Waals surface area contributed by atoms with E-state index in [2.05, 4.69) is 16.7 Å². The van der Waals surface area contributed by atoms with Crippen LogP contribution in [0.1, 0.15) is 19.8 Å². The van der Waals surface area contributed by atoms with Gasteiger partial charge in [0.2, 0.25) is 0 Å². The minimum Gasteiger partial charge on any atom is -0.379 e. The van der Waals surface area contributed by atoms with Crippen molar-refractivity contribution in [3.63, 3.8) is 0 Å². The first-order valence-corrected chi connectivity index (χ1v) is 6.24. The fourth-order valence-electron chi connectivity index (χ4n) is 3.50. The van der Waals surface area contributed by atoms with E-state index in [-0.39, 0.29) is 0 Å². The third-order valence-corrected chi connectivity index (χ3v) is 4.63. The lowest BCUT2D eigenvalue weighted by atomic mass is 9.60. The maximum Gasteiger partial charge on any atom is 0.0825 e. The van der Waals surface area contributed by atoms with Crippen molar-refractivity contribution in [2.24, 2.45) is 5.41 Å². The van der Waals surface area contributed by atoms with Crippen LogP contribution < -0.4 is 0 Å². The van der Waals surface area contributed by atoms with Crippen LogP contribution in [-0.2, 0) is 4.74 Å². The number of hydrogen-bond donors (Lipinski definition) is 0. The van der Waals surface area contributed by atoms with Crippen molar-refractivity contribution >= 4 is 0 Å². The van der Waals surface area contributed by atoms with Crippen LogP contribution in [0.5, 0.6) is 0 Å². The highest BCUT2D eigenvalue weighted by Gasteiger charge is 2.54. The number of rotatable bonds is 3. The first kappa shape index (κ1) is 10.1. The van der Waals surface area contributed by atoms with Gasteiger partial charge in [0, 0.05) is 39.3 Å². The van der Waals surface area contributed by atoms with Crippen LogP contribution in [0.2, 0.25) is 0 Å². The predicted octanol–water partition coefficient (Wildman–Crippen LogP) is 0.801. The normalized spacial score (nSPS) is 32.4. The van der Waals surface area contributed by atoms with Crippen molar-refractivity contribution in [1.29, 1.82) is 0 Å². The average Bonchev–Trinajstić information content (AvgIpc) is 2.03. The number of likely N-dealkylation sites (tertiary alicyclic amines) is 2. The fourth-order valence-corrected chi connectivity index (χ4v) is 3.50. The number of methoxy groups -OCH3 is 1. The second kappa shape index (κ2) is 3.44.